The summed E-state index contributed by atoms with van der Waals surface area (Å²) >= 11 is 0. The molecule has 0 spiro atoms. The number of amides is 1. The minimum atomic E-state index is -0.708. The lowest BCUT2D eigenvalue weighted by molar-refractivity contribution is -0.117. The van der Waals surface area contributed by atoms with Crippen LogP contribution in [0.2, 0.25) is 0 Å². The molecule has 132 valence electrons. The summed E-state index contributed by atoms with van der Waals surface area (Å²) in [6, 6.07) is 9.74. The van der Waals surface area contributed by atoms with Crippen LogP contribution in [0, 0.1) is 23.0 Å². The number of nitrogens with one attached hydrogen (secondary N) is 2. The van der Waals surface area contributed by atoms with Gasteiger partial charge in [0.2, 0.25) is 6.79 Å². The van der Waals surface area contributed by atoms with E-state index in [-0.39, 0.29) is 24.6 Å². The number of halogens is 2. The minimum absolute atomic E-state index is 0.148. The van der Waals surface area contributed by atoms with E-state index in [4.69, 9.17) is 14.7 Å². The topological polar surface area (TPSA) is 83.4 Å². The smallest absolute Gasteiger partial charge is 0.263 e. The monoisotopic (exact) mass is 357 g/mol. The van der Waals surface area contributed by atoms with Crippen molar-refractivity contribution in [1.29, 1.82) is 5.26 Å². The summed E-state index contributed by atoms with van der Waals surface area (Å²) in [5.41, 5.74) is 0.291. The molecule has 8 heteroatoms. The van der Waals surface area contributed by atoms with Gasteiger partial charge >= 0.3 is 0 Å². The van der Waals surface area contributed by atoms with Gasteiger partial charge in [0.1, 0.15) is 23.3 Å². The van der Waals surface area contributed by atoms with Gasteiger partial charge in [-0.1, -0.05) is 6.07 Å². The fourth-order valence-electron chi connectivity index (χ4n) is 2.24. The summed E-state index contributed by atoms with van der Waals surface area (Å²) in [6.07, 6.45) is 1.02. The second kappa shape index (κ2) is 7.53. The first kappa shape index (κ1) is 17.2. The van der Waals surface area contributed by atoms with Crippen molar-refractivity contribution < 1.29 is 23.0 Å². The van der Waals surface area contributed by atoms with Gasteiger partial charge in [-0.15, -0.1) is 0 Å². The summed E-state index contributed by atoms with van der Waals surface area (Å²) in [7, 11) is 0. The molecule has 0 aromatic heterocycles. The van der Waals surface area contributed by atoms with Crippen LogP contribution >= 0.6 is 0 Å². The number of hydrogen-bond acceptors (Lipinski definition) is 5. The molecule has 26 heavy (non-hydrogen) atoms. The van der Waals surface area contributed by atoms with E-state index in [2.05, 4.69) is 10.6 Å². The lowest BCUT2D eigenvalue weighted by Gasteiger charge is -2.07. The predicted molar refractivity (Wildman–Crippen MR) is 88.1 cm³/mol. The molecule has 2 aromatic carbocycles. The van der Waals surface area contributed by atoms with Crippen LogP contribution in [0.1, 0.15) is 5.56 Å². The number of ether oxygens (including phenoxy) is 2. The molecule has 2 aromatic rings. The molecule has 0 fully saturated rings. The Morgan fingerprint density at radius 2 is 2.00 bits per heavy atom. The molecule has 6 nitrogen and oxygen atoms in total. The molecule has 0 saturated heterocycles. The number of anilines is 1. The third kappa shape index (κ3) is 3.89. The van der Waals surface area contributed by atoms with Crippen LogP contribution in [-0.4, -0.2) is 12.7 Å². The highest BCUT2D eigenvalue weighted by atomic mass is 19.1. The normalized spacial score (nSPS) is 12.4. The Morgan fingerprint density at radius 3 is 2.81 bits per heavy atom. The van der Waals surface area contributed by atoms with Gasteiger partial charge in [0, 0.05) is 18.8 Å². The number of rotatable bonds is 5. The number of benzene rings is 2. The number of nitrogens with zero attached hydrogens (tertiary/aromatic N) is 1. The van der Waals surface area contributed by atoms with Gasteiger partial charge in [-0.2, -0.15) is 5.26 Å². The van der Waals surface area contributed by atoms with Crippen molar-refractivity contribution in [3.63, 3.8) is 0 Å². The van der Waals surface area contributed by atoms with Crippen molar-refractivity contribution in [2.45, 2.75) is 6.54 Å². The number of carbonyl (C=O) groups is 1. The molecule has 0 unspecified atom stereocenters. The van der Waals surface area contributed by atoms with Crippen molar-refractivity contribution >= 4 is 11.6 Å². The molecular weight excluding hydrogens is 344 g/mol. The van der Waals surface area contributed by atoms with Crippen LogP contribution in [0.3, 0.4) is 0 Å². The van der Waals surface area contributed by atoms with Gasteiger partial charge < -0.3 is 20.1 Å². The van der Waals surface area contributed by atoms with E-state index < -0.39 is 17.5 Å². The number of hydrogen-bond donors (Lipinski definition) is 2. The van der Waals surface area contributed by atoms with E-state index in [0.29, 0.717) is 11.5 Å². The second-order valence-electron chi connectivity index (χ2n) is 5.31. The average Bonchev–Trinajstić information content (AvgIpc) is 3.11. The molecule has 0 bridgehead atoms. The third-order valence-electron chi connectivity index (χ3n) is 3.56. The van der Waals surface area contributed by atoms with Gasteiger partial charge in [-0.05, 0) is 29.8 Å². The third-order valence-corrected chi connectivity index (χ3v) is 3.56. The zero-order chi connectivity index (χ0) is 18.5. The van der Waals surface area contributed by atoms with E-state index >= 15 is 0 Å². The first-order chi connectivity index (χ1) is 12.6. The van der Waals surface area contributed by atoms with Crippen LogP contribution < -0.4 is 20.1 Å². The van der Waals surface area contributed by atoms with Crippen molar-refractivity contribution in [1.82, 2.24) is 5.32 Å². The Hall–Kier alpha value is -3.60. The Balaban J connectivity index is 1.63. The predicted octanol–water partition coefficient (Wildman–Crippen LogP) is 2.83. The molecule has 0 saturated carbocycles. The SMILES string of the molecule is N#C/C(=C/Nc1cc(F)ccc1F)C(=O)NCc1ccc2c(c1)OCO2. The fourth-order valence-corrected chi connectivity index (χ4v) is 2.24. The number of fused-ring (bicyclic) bond motifs is 1. The van der Waals surface area contributed by atoms with Gasteiger partial charge in [0.25, 0.3) is 5.91 Å². The van der Waals surface area contributed by atoms with Crippen LogP contribution in [0.15, 0.2) is 48.2 Å². The highest BCUT2D eigenvalue weighted by molar-refractivity contribution is 5.97. The number of nitriles is 1. The van der Waals surface area contributed by atoms with Crippen molar-refractivity contribution in [2.24, 2.45) is 0 Å². The molecule has 1 heterocycles. The molecule has 2 N–H and O–H groups in total. The molecular formula is C18H13F2N3O3. The minimum Gasteiger partial charge on any atom is -0.454 e. The molecule has 1 amide bonds. The van der Waals surface area contributed by atoms with Crippen LogP contribution in [-0.2, 0) is 11.3 Å². The molecule has 0 aliphatic carbocycles. The largest absolute Gasteiger partial charge is 0.454 e. The Labute approximate surface area is 147 Å². The number of carbonyl (C=O) groups excluding carboxylic acids is 1. The summed E-state index contributed by atoms with van der Waals surface area (Å²) in [5.74, 6) is -0.807. The Bertz CT molecular complexity index is 922. The maximum Gasteiger partial charge on any atom is 0.263 e. The second-order valence-corrected chi connectivity index (χ2v) is 5.31. The van der Waals surface area contributed by atoms with Gasteiger partial charge in [-0.3, -0.25) is 4.79 Å². The molecule has 0 atom stereocenters. The van der Waals surface area contributed by atoms with E-state index in [1.165, 1.54) is 0 Å². The standard InChI is InChI=1S/C18H13F2N3O3/c19-13-2-3-14(20)15(6-13)22-9-12(7-21)18(24)23-8-11-1-4-16-17(5-11)26-10-25-16/h1-6,9,22H,8,10H2,(H,23,24)/b12-9-. The lowest BCUT2D eigenvalue weighted by atomic mass is 10.2. The summed E-state index contributed by atoms with van der Waals surface area (Å²) in [5, 5.41) is 14.1. The first-order valence-electron chi connectivity index (χ1n) is 7.55. The quantitative estimate of drug-likeness (QED) is 0.635. The van der Waals surface area contributed by atoms with E-state index in [1.54, 1.807) is 24.3 Å². The highest BCUT2D eigenvalue weighted by Gasteiger charge is 2.14. The Kier molecular flexibility index (Phi) is 4.99. The zero-order valence-electron chi connectivity index (χ0n) is 13.4. The summed E-state index contributed by atoms with van der Waals surface area (Å²) in [6.45, 7) is 0.303. The first-order valence-corrected chi connectivity index (χ1v) is 7.55. The maximum absolute atomic E-state index is 13.5. The van der Waals surface area contributed by atoms with Crippen molar-refractivity contribution in [3.8, 4) is 17.6 Å². The fraction of sp³-hybridized carbons (Fsp3) is 0.111. The summed E-state index contributed by atoms with van der Waals surface area (Å²) < 4.78 is 37.1. The van der Waals surface area contributed by atoms with Gasteiger partial charge in [-0.25, -0.2) is 8.78 Å². The van der Waals surface area contributed by atoms with Crippen LogP contribution in [0.5, 0.6) is 11.5 Å². The van der Waals surface area contributed by atoms with E-state index in [9.17, 15) is 13.6 Å². The average molecular weight is 357 g/mol. The van der Waals surface area contributed by atoms with Gasteiger partial charge in [0.15, 0.2) is 11.5 Å². The maximum atomic E-state index is 13.5. The molecule has 3 rings (SSSR count). The van der Waals surface area contributed by atoms with Crippen LogP contribution in [0.25, 0.3) is 0 Å². The van der Waals surface area contributed by atoms with E-state index in [0.717, 1.165) is 30.0 Å². The highest BCUT2D eigenvalue weighted by Crippen LogP contribution is 2.32. The van der Waals surface area contributed by atoms with Gasteiger partial charge in [0.05, 0.1) is 5.69 Å². The Morgan fingerprint density at radius 1 is 1.19 bits per heavy atom. The lowest BCUT2D eigenvalue weighted by Crippen LogP contribution is -2.24. The van der Waals surface area contributed by atoms with Crippen LogP contribution in [0.4, 0.5) is 14.5 Å². The molecule has 0 radical (unpaired) electrons. The van der Waals surface area contributed by atoms with Crippen molar-refractivity contribution in [3.05, 3.63) is 65.4 Å². The molecule has 1 aliphatic rings. The van der Waals surface area contributed by atoms with E-state index in [1.807, 2.05) is 0 Å². The zero-order valence-corrected chi connectivity index (χ0v) is 13.4. The molecule has 1 aliphatic heterocycles. The van der Waals surface area contributed by atoms with Crippen molar-refractivity contribution in [2.75, 3.05) is 12.1 Å². The summed E-state index contributed by atoms with van der Waals surface area (Å²) in [4.78, 5) is 12.1.